The lowest BCUT2D eigenvalue weighted by Crippen LogP contribution is -2.02. The van der Waals surface area contributed by atoms with Gasteiger partial charge in [0.25, 0.3) is 0 Å². The minimum atomic E-state index is 0.0480. The van der Waals surface area contributed by atoms with Crippen LogP contribution in [0.3, 0.4) is 0 Å². The van der Waals surface area contributed by atoms with Crippen LogP contribution >= 0.6 is 0 Å². The Bertz CT molecular complexity index is 553. The molecule has 1 N–H and O–H groups in total. The van der Waals surface area contributed by atoms with Crippen molar-refractivity contribution in [3.05, 3.63) is 64.2 Å². The standard InChI is InChI=1S/C17H20O2/c1-12-6-4-7-13(2)16(12)11-19-17-9-5-8-15(10-18)14(17)3/h4-9,18H,10-11H2,1-3H3. The van der Waals surface area contributed by atoms with E-state index in [1.165, 1.54) is 16.7 Å². The molecule has 0 atom stereocenters. The van der Waals surface area contributed by atoms with E-state index in [9.17, 15) is 5.11 Å². The summed E-state index contributed by atoms with van der Waals surface area (Å²) in [5.74, 6) is 0.842. The third-order valence-electron chi connectivity index (χ3n) is 3.58. The fraction of sp³-hybridized carbons (Fsp3) is 0.294. The molecule has 0 aliphatic heterocycles. The third-order valence-corrected chi connectivity index (χ3v) is 3.58. The van der Waals surface area contributed by atoms with Gasteiger partial charge in [0.2, 0.25) is 0 Å². The molecule has 0 amide bonds. The van der Waals surface area contributed by atoms with Crippen molar-refractivity contribution in [1.29, 1.82) is 0 Å². The Labute approximate surface area is 114 Å². The molecule has 0 heterocycles. The second kappa shape index (κ2) is 5.89. The molecule has 0 saturated carbocycles. The lowest BCUT2D eigenvalue weighted by atomic mass is 10.0. The van der Waals surface area contributed by atoms with Crippen LogP contribution < -0.4 is 4.74 Å². The second-order valence-corrected chi connectivity index (χ2v) is 4.86. The summed E-state index contributed by atoms with van der Waals surface area (Å²) in [7, 11) is 0. The summed E-state index contributed by atoms with van der Waals surface area (Å²) in [4.78, 5) is 0. The molecule has 0 saturated heterocycles. The Balaban J connectivity index is 2.19. The van der Waals surface area contributed by atoms with Crippen molar-refractivity contribution in [2.45, 2.75) is 34.0 Å². The smallest absolute Gasteiger partial charge is 0.123 e. The topological polar surface area (TPSA) is 29.5 Å². The average molecular weight is 256 g/mol. The maximum Gasteiger partial charge on any atom is 0.123 e. The maximum atomic E-state index is 9.26. The Morgan fingerprint density at radius 3 is 2.21 bits per heavy atom. The largest absolute Gasteiger partial charge is 0.489 e. The summed E-state index contributed by atoms with van der Waals surface area (Å²) in [5.41, 5.74) is 5.65. The average Bonchev–Trinajstić information content (AvgIpc) is 2.40. The van der Waals surface area contributed by atoms with E-state index in [1.54, 1.807) is 0 Å². The summed E-state index contributed by atoms with van der Waals surface area (Å²) < 4.78 is 5.92. The SMILES string of the molecule is Cc1cccc(C)c1COc1cccc(CO)c1C. The lowest BCUT2D eigenvalue weighted by molar-refractivity contribution is 0.276. The van der Waals surface area contributed by atoms with Crippen LogP contribution in [0.15, 0.2) is 36.4 Å². The number of aliphatic hydroxyl groups is 1. The van der Waals surface area contributed by atoms with Gasteiger partial charge in [-0.2, -0.15) is 0 Å². The van der Waals surface area contributed by atoms with Crippen LogP contribution in [-0.4, -0.2) is 5.11 Å². The molecule has 0 unspecified atom stereocenters. The van der Waals surface area contributed by atoms with Crippen molar-refractivity contribution in [3.8, 4) is 5.75 Å². The first-order chi connectivity index (χ1) is 9.13. The lowest BCUT2D eigenvalue weighted by Gasteiger charge is -2.14. The molecule has 2 heteroatoms. The van der Waals surface area contributed by atoms with Crippen LogP contribution in [0, 0.1) is 20.8 Å². The predicted octanol–water partition coefficient (Wildman–Crippen LogP) is 3.68. The van der Waals surface area contributed by atoms with E-state index >= 15 is 0 Å². The Hall–Kier alpha value is -1.80. The monoisotopic (exact) mass is 256 g/mol. The summed E-state index contributed by atoms with van der Waals surface area (Å²) in [6.45, 7) is 6.79. The van der Waals surface area contributed by atoms with E-state index in [-0.39, 0.29) is 6.61 Å². The van der Waals surface area contributed by atoms with Gasteiger partial charge in [-0.25, -0.2) is 0 Å². The van der Waals surface area contributed by atoms with Crippen molar-refractivity contribution in [3.63, 3.8) is 0 Å². The molecule has 0 spiro atoms. The molecule has 19 heavy (non-hydrogen) atoms. The molecule has 0 radical (unpaired) electrons. The van der Waals surface area contributed by atoms with Gasteiger partial charge in [0, 0.05) is 0 Å². The molecule has 0 aromatic heterocycles. The molecule has 0 fully saturated rings. The minimum Gasteiger partial charge on any atom is -0.489 e. The summed E-state index contributed by atoms with van der Waals surface area (Å²) in [6, 6.07) is 12.0. The number of hydrogen-bond acceptors (Lipinski definition) is 2. The predicted molar refractivity (Wildman–Crippen MR) is 77.3 cm³/mol. The molecule has 2 aromatic carbocycles. The van der Waals surface area contributed by atoms with Crippen molar-refractivity contribution >= 4 is 0 Å². The van der Waals surface area contributed by atoms with E-state index in [2.05, 4.69) is 32.0 Å². The molecule has 0 aliphatic carbocycles. The number of ether oxygens (including phenoxy) is 1. The molecule has 0 aliphatic rings. The van der Waals surface area contributed by atoms with Gasteiger partial charge >= 0.3 is 0 Å². The number of hydrogen-bond donors (Lipinski definition) is 1. The summed E-state index contributed by atoms with van der Waals surface area (Å²) >= 11 is 0. The van der Waals surface area contributed by atoms with Crippen LogP contribution in [0.2, 0.25) is 0 Å². The van der Waals surface area contributed by atoms with Crippen molar-refractivity contribution in [1.82, 2.24) is 0 Å². The first kappa shape index (κ1) is 13.6. The molecule has 2 aromatic rings. The second-order valence-electron chi connectivity index (χ2n) is 4.86. The first-order valence-corrected chi connectivity index (χ1v) is 6.50. The van der Waals surface area contributed by atoms with Gasteiger partial charge in [0.05, 0.1) is 6.61 Å². The zero-order valence-electron chi connectivity index (χ0n) is 11.7. The summed E-state index contributed by atoms with van der Waals surface area (Å²) in [5, 5.41) is 9.26. The highest BCUT2D eigenvalue weighted by atomic mass is 16.5. The fourth-order valence-corrected chi connectivity index (χ4v) is 2.21. The van der Waals surface area contributed by atoms with Gasteiger partial charge < -0.3 is 9.84 Å². The zero-order chi connectivity index (χ0) is 13.8. The van der Waals surface area contributed by atoms with E-state index < -0.39 is 0 Å². The molecular weight excluding hydrogens is 236 g/mol. The van der Waals surface area contributed by atoms with Crippen molar-refractivity contribution in [2.24, 2.45) is 0 Å². The molecule has 100 valence electrons. The highest BCUT2D eigenvalue weighted by Crippen LogP contribution is 2.23. The van der Waals surface area contributed by atoms with Crippen molar-refractivity contribution in [2.75, 3.05) is 0 Å². The van der Waals surface area contributed by atoms with Gasteiger partial charge in [0.1, 0.15) is 12.4 Å². The number of rotatable bonds is 4. The van der Waals surface area contributed by atoms with Gasteiger partial charge in [-0.15, -0.1) is 0 Å². The Morgan fingerprint density at radius 2 is 1.58 bits per heavy atom. The number of aryl methyl sites for hydroxylation is 2. The van der Waals surface area contributed by atoms with E-state index in [4.69, 9.17) is 4.74 Å². The molecular formula is C17H20O2. The quantitative estimate of drug-likeness (QED) is 0.904. The first-order valence-electron chi connectivity index (χ1n) is 6.50. The van der Waals surface area contributed by atoms with Crippen LogP contribution in [0.1, 0.15) is 27.8 Å². The van der Waals surface area contributed by atoms with Crippen LogP contribution in [0.5, 0.6) is 5.75 Å². The fourth-order valence-electron chi connectivity index (χ4n) is 2.21. The van der Waals surface area contributed by atoms with Crippen LogP contribution in [-0.2, 0) is 13.2 Å². The molecule has 2 rings (SSSR count). The van der Waals surface area contributed by atoms with Gasteiger partial charge in [-0.1, -0.05) is 30.3 Å². The third kappa shape index (κ3) is 2.96. The van der Waals surface area contributed by atoms with Crippen LogP contribution in [0.25, 0.3) is 0 Å². The summed E-state index contributed by atoms with van der Waals surface area (Å²) in [6.07, 6.45) is 0. The van der Waals surface area contributed by atoms with Gasteiger partial charge in [-0.3, -0.25) is 0 Å². The Morgan fingerprint density at radius 1 is 0.947 bits per heavy atom. The molecule has 0 bridgehead atoms. The van der Waals surface area contributed by atoms with E-state index in [0.29, 0.717) is 6.61 Å². The van der Waals surface area contributed by atoms with Gasteiger partial charge in [-0.05, 0) is 54.7 Å². The minimum absolute atomic E-state index is 0.0480. The van der Waals surface area contributed by atoms with E-state index in [0.717, 1.165) is 16.9 Å². The Kier molecular flexibility index (Phi) is 4.23. The highest BCUT2D eigenvalue weighted by molar-refractivity contribution is 5.39. The molecule has 2 nitrogen and oxygen atoms in total. The van der Waals surface area contributed by atoms with Crippen LogP contribution in [0.4, 0.5) is 0 Å². The van der Waals surface area contributed by atoms with Gasteiger partial charge in [0.15, 0.2) is 0 Å². The normalized spacial score (nSPS) is 10.5. The zero-order valence-corrected chi connectivity index (χ0v) is 11.7. The number of aliphatic hydroxyl groups excluding tert-OH is 1. The van der Waals surface area contributed by atoms with Crippen molar-refractivity contribution < 1.29 is 9.84 Å². The maximum absolute atomic E-state index is 9.26. The highest BCUT2D eigenvalue weighted by Gasteiger charge is 2.07. The van der Waals surface area contributed by atoms with E-state index in [1.807, 2.05) is 25.1 Å². The number of benzene rings is 2.